The molecular formula is C32H36N4. The van der Waals surface area contributed by atoms with Crippen LogP contribution in [-0.2, 0) is 0 Å². The maximum absolute atomic E-state index is 3.55. The van der Waals surface area contributed by atoms with Crippen molar-refractivity contribution in [3.05, 3.63) is 97.1 Å². The highest BCUT2D eigenvalue weighted by Crippen LogP contribution is 2.25. The van der Waals surface area contributed by atoms with Gasteiger partial charge >= 0.3 is 0 Å². The molecular weight excluding hydrogens is 440 g/mol. The average molecular weight is 477 g/mol. The van der Waals surface area contributed by atoms with Gasteiger partial charge in [0.1, 0.15) is 0 Å². The molecule has 0 aliphatic carbocycles. The van der Waals surface area contributed by atoms with E-state index in [0.29, 0.717) is 0 Å². The second-order valence-electron chi connectivity index (χ2n) is 9.43. The minimum atomic E-state index is 0.977. The third kappa shape index (κ3) is 6.60. The standard InChI is InChI=1S/C32H36N4/c1-2-22-34-30-15-7-26(8-16-30)28-11-19-32(20-12-28)36-24-4-3-23-35-31-17-9-27(10-18-31)25-5-13-29(14-6-25)33-21-1/h5-20,33-36H,1-4,21-24H2. The Morgan fingerprint density at radius 3 is 0.667 bits per heavy atom. The molecule has 14 rings (SSSR count). The molecule has 10 aliphatic rings. The van der Waals surface area contributed by atoms with E-state index < -0.39 is 0 Å². The molecule has 0 unspecified atom stereocenters. The molecule has 4 aromatic carbocycles. The van der Waals surface area contributed by atoms with Crippen molar-refractivity contribution in [1.29, 1.82) is 0 Å². The molecule has 0 saturated heterocycles. The molecule has 0 atom stereocenters. The number of nitrogens with one attached hydrogen (secondary N) is 4. The fourth-order valence-electron chi connectivity index (χ4n) is 4.55. The predicted molar refractivity (Wildman–Crippen MR) is 156 cm³/mol. The first kappa shape index (κ1) is 23.8. The van der Waals surface area contributed by atoms with Crippen molar-refractivity contribution in [2.75, 3.05) is 47.4 Å². The van der Waals surface area contributed by atoms with Crippen LogP contribution in [-0.4, -0.2) is 26.2 Å². The van der Waals surface area contributed by atoms with E-state index in [1.807, 2.05) is 0 Å². The summed E-state index contributed by atoms with van der Waals surface area (Å²) < 4.78 is 0. The molecule has 0 aromatic heterocycles. The Morgan fingerprint density at radius 2 is 0.472 bits per heavy atom. The van der Waals surface area contributed by atoms with Crippen LogP contribution in [0.25, 0.3) is 22.3 Å². The second-order valence-corrected chi connectivity index (χ2v) is 9.43. The summed E-state index contributed by atoms with van der Waals surface area (Å²) in [5.74, 6) is 0. The van der Waals surface area contributed by atoms with Gasteiger partial charge < -0.3 is 21.3 Å². The van der Waals surface area contributed by atoms with Crippen LogP contribution >= 0.6 is 0 Å². The van der Waals surface area contributed by atoms with E-state index in [2.05, 4.69) is 118 Å². The normalized spacial score (nSPS) is 14.7. The van der Waals surface area contributed by atoms with Crippen LogP contribution < -0.4 is 21.3 Å². The average Bonchev–Trinajstić information content (AvgIpc) is 2.93. The molecule has 10 aliphatic heterocycles. The van der Waals surface area contributed by atoms with E-state index in [-0.39, 0.29) is 0 Å². The molecule has 4 aromatic rings. The Hall–Kier alpha value is -3.92. The summed E-state index contributed by atoms with van der Waals surface area (Å²) >= 11 is 0. The lowest BCUT2D eigenvalue weighted by Gasteiger charge is -2.11. The Balaban J connectivity index is 1.23. The molecule has 4 heteroatoms. The van der Waals surface area contributed by atoms with Crippen molar-refractivity contribution in [3.63, 3.8) is 0 Å². The Labute approximate surface area is 215 Å². The number of hydrogen-bond donors (Lipinski definition) is 4. The second kappa shape index (κ2) is 12.2. The smallest absolute Gasteiger partial charge is 0.0340 e. The van der Waals surface area contributed by atoms with Crippen LogP contribution in [0.4, 0.5) is 22.7 Å². The van der Waals surface area contributed by atoms with Crippen LogP contribution in [0.5, 0.6) is 0 Å². The summed E-state index contributed by atoms with van der Waals surface area (Å²) in [4.78, 5) is 0. The lowest BCUT2D eigenvalue weighted by atomic mass is 10.0. The van der Waals surface area contributed by atoms with Crippen molar-refractivity contribution in [3.8, 4) is 22.3 Å². The Morgan fingerprint density at radius 1 is 0.278 bits per heavy atom. The summed E-state index contributed by atoms with van der Waals surface area (Å²) in [6.45, 7) is 3.91. The van der Waals surface area contributed by atoms with Gasteiger partial charge in [-0.2, -0.15) is 0 Å². The first-order valence-corrected chi connectivity index (χ1v) is 13.2. The van der Waals surface area contributed by atoms with Crippen molar-refractivity contribution in [1.82, 2.24) is 0 Å². The number of benzene rings is 4. The molecule has 4 nitrogen and oxygen atoms in total. The quantitative estimate of drug-likeness (QED) is 0.208. The van der Waals surface area contributed by atoms with Gasteiger partial charge in [0, 0.05) is 48.9 Å². The van der Waals surface area contributed by atoms with E-state index in [1.165, 1.54) is 45.0 Å². The molecule has 36 heavy (non-hydrogen) atoms. The highest BCUT2D eigenvalue weighted by atomic mass is 14.9. The van der Waals surface area contributed by atoms with Crippen LogP contribution in [0.2, 0.25) is 0 Å². The lowest BCUT2D eigenvalue weighted by molar-refractivity contribution is 0.796. The van der Waals surface area contributed by atoms with Gasteiger partial charge in [-0.25, -0.2) is 0 Å². The summed E-state index contributed by atoms with van der Waals surface area (Å²) in [6, 6.07) is 35.0. The summed E-state index contributed by atoms with van der Waals surface area (Å²) in [5, 5.41) is 14.2. The first-order chi connectivity index (χ1) is 17.8. The zero-order valence-electron chi connectivity index (χ0n) is 20.9. The van der Waals surface area contributed by atoms with Gasteiger partial charge in [0.2, 0.25) is 0 Å². The highest BCUT2D eigenvalue weighted by Gasteiger charge is 2.02. The van der Waals surface area contributed by atoms with Crippen LogP contribution in [0.1, 0.15) is 25.7 Å². The third-order valence-electron chi connectivity index (χ3n) is 6.73. The molecule has 0 radical (unpaired) electrons. The molecule has 0 saturated carbocycles. The van der Waals surface area contributed by atoms with Crippen molar-refractivity contribution >= 4 is 22.7 Å². The van der Waals surface area contributed by atoms with Crippen LogP contribution in [0.3, 0.4) is 0 Å². The van der Waals surface area contributed by atoms with Crippen molar-refractivity contribution in [2.24, 2.45) is 0 Å². The number of rotatable bonds is 0. The molecule has 10 heterocycles. The fraction of sp³-hybridized carbons (Fsp3) is 0.250. The van der Waals surface area contributed by atoms with Gasteiger partial charge in [-0.3, -0.25) is 0 Å². The zero-order chi connectivity index (χ0) is 24.4. The maximum atomic E-state index is 3.55. The third-order valence-corrected chi connectivity index (χ3v) is 6.73. The van der Waals surface area contributed by atoms with Gasteiger partial charge in [0.25, 0.3) is 0 Å². The van der Waals surface area contributed by atoms with E-state index in [1.54, 1.807) is 0 Å². The van der Waals surface area contributed by atoms with E-state index in [4.69, 9.17) is 0 Å². The summed E-state index contributed by atoms with van der Waals surface area (Å²) in [5.41, 5.74) is 9.69. The summed E-state index contributed by atoms with van der Waals surface area (Å²) in [7, 11) is 0. The minimum Gasteiger partial charge on any atom is -0.385 e. The predicted octanol–water partition coefficient (Wildman–Crippen LogP) is 7.94. The van der Waals surface area contributed by atoms with E-state index in [9.17, 15) is 0 Å². The molecule has 184 valence electrons. The zero-order valence-corrected chi connectivity index (χ0v) is 20.9. The topological polar surface area (TPSA) is 48.1 Å². The summed E-state index contributed by atoms with van der Waals surface area (Å²) in [6.07, 6.45) is 4.51. The van der Waals surface area contributed by atoms with Crippen LogP contribution in [0, 0.1) is 0 Å². The van der Waals surface area contributed by atoms with E-state index in [0.717, 1.165) is 51.9 Å². The maximum Gasteiger partial charge on any atom is 0.0340 e. The number of anilines is 4. The molecule has 0 spiro atoms. The van der Waals surface area contributed by atoms with Crippen molar-refractivity contribution < 1.29 is 0 Å². The van der Waals surface area contributed by atoms with Gasteiger partial charge in [-0.1, -0.05) is 48.5 Å². The molecule has 0 fully saturated rings. The van der Waals surface area contributed by atoms with Gasteiger partial charge in [-0.15, -0.1) is 0 Å². The SMILES string of the molecule is c1cc2ccc1NCCCCNc1ccc(cc1)-c1ccc(cc1)NCCCCNc1ccc-2cc1. The fourth-order valence-corrected chi connectivity index (χ4v) is 4.55. The van der Waals surface area contributed by atoms with Gasteiger partial charge in [-0.05, 0) is 96.5 Å². The van der Waals surface area contributed by atoms with Gasteiger partial charge in [0.15, 0.2) is 0 Å². The van der Waals surface area contributed by atoms with Gasteiger partial charge in [0.05, 0.1) is 0 Å². The monoisotopic (exact) mass is 476 g/mol. The first-order valence-electron chi connectivity index (χ1n) is 13.2. The van der Waals surface area contributed by atoms with Crippen LogP contribution in [0.15, 0.2) is 97.1 Å². The largest absolute Gasteiger partial charge is 0.385 e. The Kier molecular flexibility index (Phi) is 8.04. The highest BCUT2D eigenvalue weighted by molar-refractivity contribution is 5.69. The number of hydrogen-bond acceptors (Lipinski definition) is 4. The minimum absolute atomic E-state index is 0.977. The van der Waals surface area contributed by atoms with E-state index >= 15 is 0 Å². The lowest BCUT2D eigenvalue weighted by Crippen LogP contribution is -2.06. The molecule has 0 amide bonds. The van der Waals surface area contributed by atoms with Crippen molar-refractivity contribution in [2.45, 2.75) is 25.7 Å². The Bertz CT molecular complexity index is 999. The molecule has 8 bridgehead atoms. The molecule has 4 N–H and O–H groups in total.